The monoisotopic (exact) mass is 237 g/mol. The van der Waals surface area contributed by atoms with Gasteiger partial charge in [0.15, 0.2) is 0 Å². The Morgan fingerprint density at radius 2 is 2.13 bits per heavy atom. The number of alkyl halides is 1. The molecule has 0 aromatic heterocycles. The van der Waals surface area contributed by atoms with E-state index in [0.717, 1.165) is 6.42 Å². The van der Waals surface area contributed by atoms with Gasteiger partial charge in [-0.25, -0.2) is 0 Å². The molecule has 0 saturated heterocycles. The van der Waals surface area contributed by atoms with Crippen molar-refractivity contribution in [1.29, 1.82) is 0 Å². The first-order valence-corrected chi connectivity index (χ1v) is 5.11. The van der Waals surface area contributed by atoms with E-state index >= 15 is 0 Å². The summed E-state index contributed by atoms with van der Waals surface area (Å²) in [6.07, 6.45) is 0.855. The minimum Gasteiger partial charge on any atom is -0.468 e. The van der Waals surface area contributed by atoms with Gasteiger partial charge in [-0.15, -0.1) is 11.6 Å². The topological polar surface area (TPSA) is 64.6 Å². The molecule has 1 atom stereocenters. The van der Waals surface area contributed by atoms with Crippen molar-refractivity contribution in [2.75, 3.05) is 26.9 Å². The Hall–Kier alpha value is -0.810. The minimum absolute atomic E-state index is 0.0153. The predicted octanol–water partition coefficient (Wildman–Crippen LogP) is 0.310. The van der Waals surface area contributed by atoms with Crippen molar-refractivity contribution in [3.63, 3.8) is 0 Å². The molecule has 0 spiro atoms. The lowest BCUT2D eigenvalue weighted by molar-refractivity contribution is -0.140. The van der Waals surface area contributed by atoms with E-state index in [4.69, 9.17) is 16.3 Å². The molecular weight excluding hydrogens is 222 g/mol. The van der Waals surface area contributed by atoms with Crippen LogP contribution in [0.5, 0.6) is 0 Å². The Morgan fingerprint density at radius 1 is 1.47 bits per heavy atom. The zero-order valence-electron chi connectivity index (χ0n) is 8.92. The largest absolute Gasteiger partial charge is 0.468 e. The number of nitrogens with one attached hydrogen (secondary N) is 1. The van der Waals surface area contributed by atoms with Gasteiger partial charge in [0.1, 0.15) is 12.0 Å². The highest BCUT2D eigenvalue weighted by Gasteiger charge is 2.16. The maximum atomic E-state index is 11.1. The van der Waals surface area contributed by atoms with Gasteiger partial charge in [-0.05, 0) is 6.42 Å². The van der Waals surface area contributed by atoms with E-state index in [0.29, 0.717) is 6.61 Å². The third-order valence-electron chi connectivity index (χ3n) is 1.52. The van der Waals surface area contributed by atoms with Crippen molar-refractivity contribution in [3.8, 4) is 0 Å². The van der Waals surface area contributed by atoms with Gasteiger partial charge in [-0.1, -0.05) is 6.92 Å². The second kappa shape index (κ2) is 8.49. The summed E-state index contributed by atoms with van der Waals surface area (Å²) in [7, 11) is 1.24. The smallest absolute Gasteiger partial charge is 0.325 e. The van der Waals surface area contributed by atoms with Crippen LogP contribution in [-0.4, -0.2) is 44.1 Å². The van der Waals surface area contributed by atoms with E-state index < -0.39 is 11.3 Å². The van der Waals surface area contributed by atoms with Gasteiger partial charge in [-0.3, -0.25) is 9.59 Å². The third kappa shape index (κ3) is 7.16. The SMILES string of the molecule is CCCOCC(=O)NCC(Cl)C(=O)OC. The summed E-state index contributed by atoms with van der Waals surface area (Å²) in [6, 6.07) is 0. The third-order valence-corrected chi connectivity index (χ3v) is 1.85. The number of methoxy groups -OCH3 is 1. The van der Waals surface area contributed by atoms with E-state index in [1.54, 1.807) is 0 Å². The molecular formula is C9H16ClNO4. The molecule has 0 radical (unpaired) electrons. The number of amides is 1. The van der Waals surface area contributed by atoms with Gasteiger partial charge in [-0.2, -0.15) is 0 Å². The van der Waals surface area contributed by atoms with Crippen molar-refractivity contribution >= 4 is 23.5 Å². The van der Waals surface area contributed by atoms with Crippen LogP contribution >= 0.6 is 11.6 Å². The number of hydrogen-bond donors (Lipinski definition) is 1. The molecule has 88 valence electrons. The summed E-state index contributed by atoms with van der Waals surface area (Å²) in [5, 5.41) is 1.60. The van der Waals surface area contributed by atoms with E-state index in [9.17, 15) is 9.59 Å². The van der Waals surface area contributed by atoms with Crippen LogP contribution in [0.1, 0.15) is 13.3 Å². The molecule has 0 saturated carbocycles. The molecule has 15 heavy (non-hydrogen) atoms. The van der Waals surface area contributed by atoms with Crippen LogP contribution in [0.2, 0.25) is 0 Å². The normalized spacial score (nSPS) is 11.9. The number of carbonyl (C=O) groups excluding carboxylic acids is 2. The van der Waals surface area contributed by atoms with Crippen LogP contribution in [-0.2, 0) is 19.1 Å². The number of ether oxygens (including phenoxy) is 2. The maximum absolute atomic E-state index is 11.1. The molecule has 0 heterocycles. The summed E-state index contributed by atoms with van der Waals surface area (Å²) in [5.74, 6) is -0.857. The van der Waals surface area contributed by atoms with Crippen LogP contribution in [0.25, 0.3) is 0 Å². The lowest BCUT2D eigenvalue weighted by Gasteiger charge is -2.08. The number of rotatable bonds is 7. The number of carbonyl (C=O) groups is 2. The lowest BCUT2D eigenvalue weighted by Crippen LogP contribution is -2.36. The summed E-state index contributed by atoms with van der Waals surface area (Å²) in [6.45, 7) is 2.51. The maximum Gasteiger partial charge on any atom is 0.325 e. The van der Waals surface area contributed by atoms with E-state index in [2.05, 4.69) is 10.1 Å². The van der Waals surface area contributed by atoms with Crippen molar-refractivity contribution in [2.45, 2.75) is 18.7 Å². The standard InChI is InChI=1S/C9H16ClNO4/c1-3-4-15-6-8(12)11-5-7(10)9(13)14-2/h7H,3-6H2,1-2H3,(H,11,12). The van der Waals surface area contributed by atoms with E-state index in [1.807, 2.05) is 6.92 Å². The average Bonchev–Trinajstić information content (AvgIpc) is 2.25. The fourth-order valence-electron chi connectivity index (χ4n) is 0.775. The summed E-state index contributed by atoms with van der Waals surface area (Å²) in [5.41, 5.74) is 0. The minimum atomic E-state index is -0.856. The molecule has 0 aliphatic rings. The van der Waals surface area contributed by atoms with Crippen molar-refractivity contribution in [2.24, 2.45) is 0 Å². The fraction of sp³-hybridized carbons (Fsp3) is 0.778. The Labute approximate surface area is 94.1 Å². The van der Waals surface area contributed by atoms with Gasteiger partial charge in [0.25, 0.3) is 0 Å². The van der Waals surface area contributed by atoms with Crippen molar-refractivity contribution in [3.05, 3.63) is 0 Å². The van der Waals surface area contributed by atoms with Crippen molar-refractivity contribution in [1.82, 2.24) is 5.32 Å². The molecule has 0 aromatic carbocycles. The predicted molar refractivity (Wildman–Crippen MR) is 55.8 cm³/mol. The molecule has 5 nitrogen and oxygen atoms in total. The van der Waals surface area contributed by atoms with Crippen LogP contribution in [0.15, 0.2) is 0 Å². The Balaban J connectivity index is 3.57. The molecule has 1 amide bonds. The van der Waals surface area contributed by atoms with Crippen LogP contribution < -0.4 is 5.32 Å². The quantitative estimate of drug-likeness (QED) is 0.393. The number of hydrogen-bond acceptors (Lipinski definition) is 4. The second-order valence-electron chi connectivity index (χ2n) is 2.85. The van der Waals surface area contributed by atoms with Gasteiger partial charge in [0, 0.05) is 13.2 Å². The van der Waals surface area contributed by atoms with Crippen LogP contribution in [0, 0.1) is 0 Å². The van der Waals surface area contributed by atoms with Gasteiger partial charge in [0.05, 0.1) is 7.11 Å². The highest BCUT2D eigenvalue weighted by Crippen LogP contribution is 1.96. The molecule has 1 unspecified atom stereocenters. The summed E-state index contributed by atoms with van der Waals surface area (Å²) < 4.78 is 9.38. The highest BCUT2D eigenvalue weighted by atomic mass is 35.5. The molecule has 0 fully saturated rings. The van der Waals surface area contributed by atoms with Crippen molar-refractivity contribution < 1.29 is 19.1 Å². The fourth-order valence-corrected chi connectivity index (χ4v) is 0.941. The Morgan fingerprint density at radius 3 is 2.67 bits per heavy atom. The van der Waals surface area contributed by atoms with Gasteiger partial charge >= 0.3 is 5.97 Å². The first kappa shape index (κ1) is 14.2. The first-order chi connectivity index (χ1) is 7.11. The number of halogens is 1. The molecule has 1 N–H and O–H groups in total. The molecule has 0 bridgehead atoms. The molecule has 0 rings (SSSR count). The zero-order valence-corrected chi connectivity index (χ0v) is 9.67. The van der Waals surface area contributed by atoms with Crippen LogP contribution in [0.3, 0.4) is 0 Å². The first-order valence-electron chi connectivity index (χ1n) is 4.68. The molecule has 0 aromatic rings. The number of esters is 1. The van der Waals surface area contributed by atoms with Gasteiger partial charge in [0.2, 0.25) is 5.91 Å². The van der Waals surface area contributed by atoms with E-state index in [-0.39, 0.29) is 19.1 Å². The summed E-state index contributed by atoms with van der Waals surface area (Å²) in [4.78, 5) is 21.9. The average molecular weight is 238 g/mol. The zero-order chi connectivity index (χ0) is 11.7. The molecule has 6 heteroatoms. The molecule has 0 aliphatic heterocycles. The second-order valence-corrected chi connectivity index (χ2v) is 3.37. The Bertz CT molecular complexity index is 210. The lowest BCUT2D eigenvalue weighted by atomic mass is 10.4. The van der Waals surface area contributed by atoms with Crippen LogP contribution in [0.4, 0.5) is 0 Å². The summed E-state index contributed by atoms with van der Waals surface area (Å²) >= 11 is 5.61. The molecule has 0 aliphatic carbocycles. The van der Waals surface area contributed by atoms with E-state index in [1.165, 1.54) is 7.11 Å². The Kier molecular flexibility index (Phi) is 8.04. The van der Waals surface area contributed by atoms with Gasteiger partial charge < -0.3 is 14.8 Å². The highest BCUT2D eigenvalue weighted by molar-refractivity contribution is 6.30.